The van der Waals surface area contributed by atoms with Gasteiger partial charge in [-0.05, 0) is 93.1 Å². The van der Waals surface area contributed by atoms with Crippen LogP contribution in [-0.4, -0.2) is 120 Å². The summed E-state index contributed by atoms with van der Waals surface area (Å²) >= 11 is 0. The second-order valence-corrected chi connectivity index (χ2v) is 15.7. The number of aromatic nitrogens is 3. The van der Waals surface area contributed by atoms with Crippen LogP contribution < -0.4 is 15.5 Å². The minimum absolute atomic E-state index is 0.00285. The molecule has 0 spiro atoms. The van der Waals surface area contributed by atoms with E-state index in [9.17, 15) is 14.4 Å². The predicted molar refractivity (Wildman–Crippen MR) is 218 cm³/mol. The number of anilines is 3. The Morgan fingerprint density at radius 3 is 2.36 bits per heavy atom. The molecule has 2 aliphatic heterocycles. The third-order valence-corrected chi connectivity index (χ3v) is 12.0. The molecule has 0 bridgehead atoms. The van der Waals surface area contributed by atoms with Crippen LogP contribution in [0.5, 0.6) is 0 Å². The summed E-state index contributed by atoms with van der Waals surface area (Å²) in [5.74, 6) is 0.238. The first-order valence-electron chi connectivity index (χ1n) is 20.2. The maximum atomic E-state index is 13.1. The van der Waals surface area contributed by atoms with Crippen LogP contribution in [-0.2, 0) is 16.0 Å². The summed E-state index contributed by atoms with van der Waals surface area (Å²) in [7, 11) is 5.22. The number of carbonyl (C=O) groups excluding carboxylic acids is 3. The lowest BCUT2D eigenvalue weighted by atomic mass is 9.95. The van der Waals surface area contributed by atoms with Gasteiger partial charge in [0.1, 0.15) is 17.6 Å². The van der Waals surface area contributed by atoms with Crippen molar-refractivity contribution in [1.29, 1.82) is 0 Å². The molecule has 1 unspecified atom stereocenters. The molecule has 3 aliphatic rings. The average molecular weight is 748 g/mol. The van der Waals surface area contributed by atoms with Crippen molar-refractivity contribution in [3.05, 3.63) is 77.6 Å². The van der Waals surface area contributed by atoms with E-state index in [0.717, 1.165) is 99.3 Å². The Balaban J connectivity index is 0.865. The van der Waals surface area contributed by atoms with Gasteiger partial charge in [0.15, 0.2) is 0 Å². The molecule has 2 aromatic carbocycles. The molecule has 0 radical (unpaired) electrons. The van der Waals surface area contributed by atoms with E-state index in [4.69, 9.17) is 4.98 Å². The number of nitrogens with one attached hydrogen (secondary N) is 2. The van der Waals surface area contributed by atoms with E-state index in [1.165, 1.54) is 31.2 Å². The summed E-state index contributed by atoms with van der Waals surface area (Å²) in [4.78, 5) is 55.5. The Labute approximate surface area is 325 Å². The summed E-state index contributed by atoms with van der Waals surface area (Å²) in [5, 5.41) is 6.94. The SMILES string of the molecule is CNC(=O)CCC(C=O)c1cccc(N2CCN(C3CCN(CCc4ccc(Nc5ncc6cc(C(=O)N(C)C)n(C7CCCC7)c6n5)cc4)CC3)CC2)c1. The lowest BCUT2D eigenvalue weighted by Gasteiger charge is -2.43. The number of nitrogens with zero attached hydrogens (tertiary/aromatic N) is 7. The van der Waals surface area contributed by atoms with Crippen molar-refractivity contribution >= 4 is 46.5 Å². The number of piperazine rings is 1. The van der Waals surface area contributed by atoms with Crippen LogP contribution >= 0.6 is 0 Å². The van der Waals surface area contributed by atoms with E-state index >= 15 is 0 Å². The van der Waals surface area contributed by atoms with Crippen LogP contribution in [0.15, 0.2) is 60.8 Å². The van der Waals surface area contributed by atoms with Gasteiger partial charge in [0.2, 0.25) is 11.9 Å². The largest absolute Gasteiger partial charge is 0.369 e. The quantitative estimate of drug-likeness (QED) is 0.158. The van der Waals surface area contributed by atoms with Gasteiger partial charge >= 0.3 is 0 Å². The molecule has 2 saturated heterocycles. The fourth-order valence-electron chi connectivity index (χ4n) is 8.70. The third-order valence-electron chi connectivity index (χ3n) is 12.0. The number of hydrogen-bond acceptors (Lipinski definition) is 9. The number of carbonyl (C=O) groups is 3. The molecule has 55 heavy (non-hydrogen) atoms. The van der Waals surface area contributed by atoms with E-state index in [0.29, 0.717) is 30.5 Å². The average Bonchev–Trinajstić information content (AvgIpc) is 3.89. The van der Waals surface area contributed by atoms with Crippen molar-refractivity contribution in [3.8, 4) is 0 Å². The number of hydrogen-bond donors (Lipinski definition) is 2. The highest BCUT2D eigenvalue weighted by Crippen LogP contribution is 2.35. The molecule has 3 fully saturated rings. The van der Waals surface area contributed by atoms with E-state index in [2.05, 4.69) is 71.3 Å². The smallest absolute Gasteiger partial charge is 0.270 e. The Morgan fingerprint density at radius 1 is 0.927 bits per heavy atom. The first-order chi connectivity index (χ1) is 26.8. The highest BCUT2D eigenvalue weighted by Gasteiger charge is 2.29. The number of fused-ring (bicyclic) bond motifs is 1. The van der Waals surface area contributed by atoms with Gasteiger partial charge in [-0.1, -0.05) is 37.1 Å². The molecule has 1 aliphatic carbocycles. The zero-order valence-electron chi connectivity index (χ0n) is 32.8. The van der Waals surface area contributed by atoms with Crippen molar-refractivity contribution < 1.29 is 14.4 Å². The van der Waals surface area contributed by atoms with Crippen LogP contribution in [0.2, 0.25) is 0 Å². The molecule has 1 atom stereocenters. The molecule has 12 nitrogen and oxygen atoms in total. The van der Waals surface area contributed by atoms with E-state index in [1.807, 2.05) is 24.4 Å². The maximum absolute atomic E-state index is 13.1. The summed E-state index contributed by atoms with van der Waals surface area (Å²) in [6, 6.07) is 19.8. The number of piperidine rings is 1. The molecular weight excluding hydrogens is 691 g/mol. The first kappa shape index (κ1) is 38.5. The maximum Gasteiger partial charge on any atom is 0.270 e. The second-order valence-electron chi connectivity index (χ2n) is 15.7. The molecule has 2 amide bonds. The van der Waals surface area contributed by atoms with Crippen molar-refractivity contribution in [2.45, 2.75) is 75.8 Å². The van der Waals surface area contributed by atoms with E-state index in [1.54, 1.807) is 26.0 Å². The predicted octanol–water partition coefficient (Wildman–Crippen LogP) is 5.63. The Morgan fingerprint density at radius 2 is 1.67 bits per heavy atom. The molecule has 4 heterocycles. The highest BCUT2D eigenvalue weighted by molar-refractivity contribution is 5.98. The van der Waals surface area contributed by atoms with Crippen molar-refractivity contribution in [2.75, 3.05) is 77.2 Å². The van der Waals surface area contributed by atoms with Gasteiger partial charge in [-0.25, -0.2) is 4.98 Å². The topological polar surface area (TPSA) is 119 Å². The molecular formula is C43H57N9O3. The van der Waals surface area contributed by atoms with Crippen molar-refractivity contribution in [2.24, 2.45) is 0 Å². The Hall–Kier alpha value is -4.81. The number of amides is 2. The number of benzene rings is 2. The van der Waals surface area contributed by atoms with Gasteiger partial charge in [-0.2, -0.15) is 4.98 Å². The fourth-order valence-corrected chi connectivity index (χ4v) is 8.70. The lowest BCUT2D eigenvalue weighted by molar-refractivity contribution is -0.120. The Bertz CT molecular complexity index is 1920. The third kappa shape index (κ3) is 9.19. The summed E-state index contributed by atoms with van der Waals surface area (Å²) < 4.78 is 2.15. The zero-order chi connectivity index (χ0) is 38.3. The van der Waals surface area contributed by atoms with Gasteiger partial charge in [0.25, 0.3) is 5.91 Å². The summed E-state index contributed by atoms with van der Waals surface area (Å²) in [6.07, 6.45) is 11.6. The van der Waals surface area contributed by atoms with Crippen LogP contribution in [0, 0.1) is 0 Å². The normalized spacial score (nSPS) is 18.1. The van der Waals surface area contributed by atoms with Crippen LogP contribution in [0.3, 0.4) is 0 Å². The molecule has 2 N–H and O–H groups in total. The molecule has 292 valence electrons. The van der Waals surface area contributed by atoms with Crippen LogP contribution in [0.1, 0.15) is 84.9 Å². The fraction of sp³-hybridized carbons (Fsp3) is 0.512. The van der Waals surface area contributed by atoms with Gasteiger partial charge in [0.05, 0.1) is 0 Å². The molecule has 7 rings (SSSR count). The number of aldehydes is 1. The monoisotopic (exact) mass is 747 g/mol. The van der Waals surface area contributed by atoms with Gasteiger partial charge in [-0.15, -0.1) is 0 Å². The standard InChI is InChI=1S/C43H57N9O3/c1-44-40(54)16-13-33(30-53)32-7-6-10-38(27-32)51-25-23-50(24-26-51)36-18-21-49(22-19-36)20-17-31-11-14-35(15-12-31)46-43-45-29-34-28-39(42(55)48(2)3)52(41(34)47-43)37-8-4-5-9-37/h6-7,10-12,14-15,27-30,33,36-37H,4-5,8-9,13,16-26H2,1-3H3,(H,44,54)(H,45,46,47). The van der Waals surface area contributed by atoms with Crippen molar-refractivity contribution in [1.82, 2.24) is 34.6 Å². The number of rotatable bonds is 14. The van der Waals surface area contributed by atoms with Gasteiger partial charge < -0.3 is 34.7 Å². The highest BCUT2D eigenvalue weighted by atomic mass is 16.2. The molecule has 4 aromatic rings. The van der Waals surface area contributed by atoms with Crippen molar-refractivity contribution in [3.63, 3.8) is 0 Å². The minimum atomic E-state index is -0.265. The molecule has 12 heteroatoms. The lowest BCUT2D eigenvalue weighted by Crippen LogP contribution is -2.53. The molecule has 2 aromatic heterocycles. The van der Waals surface area contributed by atoms with Crippen LogP contribution in [0.25, 0.3) is 11.0 Å². The molecule has 1 saturated carbocycles. The number of likely N-dealkylation sites (tertiary alicyclic amines) is 1. The van der Waals surface area contributed by atoms with Crippen LogP contribution in [0.4, 0.5) is 17.3 Å². The van der Waals surface area contributed by atoms with Gasteiger partial charge in [0, 0.05) is 101 Å². The second kappa shape index (κ2) is 17.8. The van der Waals surface area contributed by atoms with E-state index in [-0.39, 0.29) is 23.8 Å². The van der Waals surface area contributed by atoms with Gasteiger partial charge in [-0.3, -0.25) is 14.5 Å². The Kier molecular flexibility index (Phi) is 12.4. The van der Waals surface area contributed by atoms with E-state index < -0.39 is 0 Å². The minimum Gasteiger partial charge on any atom is -0.369 e. The summed E-state index contributed by atoms with van der Waals surface area (Å²) in [5.41, 5.74) is 5.92. The summed E-state index contributed by atoms with van der Waals surface area (Å²) in [6.45, 7) is 7.36. The first-order valence-corrected chi connectivity index (χ1v) is 20.2. The zero-order valence-corrected chi connectivity index (χ0v) is 32.8.